The number of hydrogen-bond donors (Lipinski definition) is 2. The minimum atomic E-state index is -0.694. The van der Waals surface area contributed by atoms with Gasteiger partial charge in [0.15, 0.2) is 0 Å². The number of benzene rings is 3. The van der Waals surface area contributed by atoms with Crippen LogP contribution in [-0.4, -0.2) is 28.9 Å². The van der Waals surface area contributed by atoms with E-state index in [1.807, 2.05) is 30.3 Å². The Hall–Kier alpha value is -5.12. The Morgan fingerprint density at radius 3 is 2.37 bits per heavy atom. The maximum absolute atomic E-state index is 12.3. The summed E-state index contributed by atoms with van der Waals surface area (Å²) in [6.45, 7) is 1.37. The van der Waals surface area contributed by atoms with Crippen molar-refractivity contribution in [2.45, 2.75) is 6.92 Å². The molecule has 2 N–H and O–H groups in total. The maximum atomic E-state index is 12.3. The fourth-order valence-corrected chi connectivity index (χ4v) is 2.85. The Kier molecular flexibility index (Phi) is 8.17. The van der Waals surface area contributed by atoms with Crippen LogP contribution in [-0.2, 0) is 9.59 Å². The van der Waals surface area contributed by atoms with Crippen LogP contribution in [0.3, 0.4) is 0 Å². The molecule has 10 heteroatoms. The SMILES string of the molecule is CC(=O)Nc1ccc(C(=O)N/N=C/c2cc([N+](=O)[O-])ccc2OC(=O)/C=C/c2ccccc2)cc1. The molecule has 0 spiro atoms. The number of non-ortho nitro benzene ring substituents is 1. The zero-order chi connectivity index (χ0) is 25.2. The largest absolute Gasteiger partial charge is 0.423 e. The first kappa shape index (κ1) is 24.5. The number of rotatable bonds is 8. The van der Waals surface area contributed by atoms with Gasteiger partial charge in [0.25, 0.3) is 11.6 Å². The summed E-state index contributed by atoms with van der Waals surface area (Å²) >= 11 is 0. The molecule has 0 fully saturated rings. The molecule has 0 unspecified atom stereocenters. The van der Waals surface area contributed by atoms with Gasteiger partial charge in [-0.3, -0.25) is 19.7 Å². The Morgan fingerprint density at radius 1 is 1.00 bits per heavy atom. The monoisotopic (exact) mass is 472 g/mol. The van der Waals surface area contributed by atoms with E-state index in [9.17, 15) is 24.5 Å². The van der Waals surface area contributed by atoms with E-state index in [4.69, 9.17) is 4.74 Å². The summed E-state index contributed by atoms with van der Waals surface area (Å²) in [5.74, 6) is -1.46. The molecule has 3 aromatic carbocycles. The third-order valence-corrected chi connectivity index (χ3v) is 4.46. The number of amides is 2. The van der Waals surface area contributed by atoms with Gasteiger partial charge in [-0.2, -0.15) is 5.10 Å². The van der Waals surface area contributed by atoms with Crippen molar-refractivity contribution in [1.29, 1.82) is 0 Å². The van der Waals surface area contributed by atoms with E-state index in [-0.39, 0.29) is 28.5 Å². The first-order chi connectivity index (χ1) is 16.8. The number of hydrazone groups is 1. The highest BCUT2D eigenvalue weighted by Crippen LogP contribution is 2.23. The molecule has 0 aliphatic heterocycles. The maximum Gasteiger partial charge on any atom is 0.336 e. The first-order valence-corrected chi connectivity index (χ1v) is 10.3. The standard InChI is InChI=1S/C25H20N4O6/c1-17(30)27-21-10-8-19(9-11-21)25(32)28-26-16-20-15-22(29(33)34)12-13-23(20)35-24(31)14-7-18-5-3-2-4-6-18/h2-16H,1H3,(H,27,30)(H,28,32)/b14-7+,26-16+. The van der Waals surface area contributed by atoms with Crippen LogP contribution in [0.5, 0.6) is 5.75 Å². The van der Waals surface area contributed by atoms with Crippen molar-refractivity contribution in [2.75, 3.05) is 5.32 Å². The highest BCUT2D eigenvalue weighted by atomic mass is 16.6. The summed E-state index contributed by atoms with van der Waals surface area (Å²) < 4.78 is 5.30. The number of carbonyl (C=O) groups is 3. The molecule has 0 heterocycles. The van der Waals surface area contributed by atoms with E-state index in [1.165, 1.54) is 43.3 Å². The predicted molar refractivity (Wildman–Crippen MR) is 130 cm³/mol. The number of ether oxygens (including phenoxy) is 1. The Bertz CT molecular complexity index is 1300. The van der Waals surface area contributed by atoms with Crippen molar-refractivity contribution < 1.29 is 24.0 Å². The number of nitrogens with zero attached hydrogens (tertiary/aromatic N) is 2. The summed E-state index contributed by atoms with van der Waals surface area (Å²) in [5, 5.41) is 17.6. The van der Waals surface area contributed by atoms with Gasteiger partial charge >= 0.3 is 5.97 Å². The number of nitro benzene ring substituents is 1. The van der Waals surface area contributed by atoms with Crippen molar-refractivity contribution in [2.24, 2.45) is 5.10 Å². The van der Waals surface area contributed by atoms with Crippen LogP contribution in [0.1, 0.15) is 28.4 Å². The molecule has 3 aromatic rings. The van der Waals surface area contributed by atoms with E-state index < -0.39 is 16.8 Å². The number of esters is 1. The first-order valence-electron chi connectivity index (χ1n) is 10.3. The van der Waals surface area contributed by atoms with Gasteiger partial charge in [-0.25, -0.2) is 10.2 Å². The van der Waals surface area contributed by atoms with Gasteiger partial charge in [0, 0.05) is 41.9 Å². The van der Waals surface area contributed by atoms with Crippen LogP contribution >= 0.6 is 0 Å². The van der Waals surface area contributed by atoms with Crippen molar-refractivity contribution >= 4 is 41.4 Å². The van der Waals surface area contributed by atoms with E-state index in [0.717, 1.165) is 11.8 Å². The topological polar surface area (TPSA) is 140 Å². The quantitative estimate of drug-likeness (QED) is 0.127. The van der Waals surface area contributed by atoms with Gasteiger partial charge in [-0.15, -0.1) is 0 Å². The lowest BCUT2D eigenvalue weighted by Gasteiger charge is -2.06. The average Bonchev–Trinajstić information content (AvgIpc) is 2.84. The van der Waals surface area contributed by atoms with Crippen molar-refractivity contribution in [3.8, 4) is 5.75 Å². The minimum absolute atomic E-state index is 0.0240. The van der Waals surface area contributed by atoms with E-state index in [1.54, 1.807) is 18.2 Å². The second-order valence-electron chi connectivity index (χ2n) is 7.10. The van der Waals surface area contributed by atoms with E-state index in [2.05, 4.69) is 15.8 Å². The molecule has 0 aliphatic rings. The summed E-state index contributed by atoms with van der Waals surface area (Å²) in [5.41, 5.74) is 3.77. The van der Waals surface area contributed by atoms with Crippen molar-refractivity contribution in [3.63, 3.8) is 0 Å². The Morgan fingerprint density at radius 2 is 1.71 bits per heavy atom. The molecule has 10 nitrogen and oxygen atoms in total. The third-order valence-electron chi connectivity index (χ3n) is 4.46. The van der Waals surface area contributed by atoms with Gasteiger partial charge in [0.1, 0.15) is 5.75 Å². The summed E-state index contributed by atoms with van der Waals surface area (Å²) in [6, 6.07) is 18.8. The average molecular weight is 472 g/mol. The molecule has 0 bridgehead atoms. The van der Waals surface area contributed by atoms with Gasteiger partial charge in [-0.1, -0.05) is 30.3 Å². The zero-order valence-corrected chi connectivity index (χ0v) is 18.5. The number of nitro groups is 1. The molecule has 0 saturated carbocycles. The summed E-state index contributed by atoms with van der Waals surface area (Å²) in [7, 11) is 0. The molecule has 0 saturated heterocycles. The molecule has 0 aromatic heterocycles. The second kappa shape index (κ2) is 11.7. The van der Waals surface area contributed by atoms with Gasteiger partial charge in [0.2, 0.25) is 5.91 Å². The molecule has 0 aliphatic carbocycles. The fraction of sp³-hybridized carbons (Fsp3) is 0.0400. The summed E-state index contributed by atoms with van der Waals surface area (Å²) in [4.78, 5) is 46.2. The predicted octanol–water partition coefficient (Wildman–Crippen LogP) is 3.94. The molecule has 3 rings (SSSR count). The Labute approximate surface area is 200 Å². The summed E-state index contributed by atoms with van der Waals surface area (Å²) in [6.07, 6.45) is 3.93. The van der Waals surface area contributed by atoms with Crippen LogP contribution in [0.4, 0.5) is 11.4 Å². The number of anilines is 1. The molecule has 0 radical (unpaired) electrons. The van der Waals surface area contributed by atoms with Gasteiger partial charge < -0.3 is 10.1 Å². The molecule has 176 valence electrons. The lowest BCUT2D eigenvalue weighted by Crippen LogP contribution is -2.17. The van der Waals surface area contributed by atoms with Crippen LogP contribution in [0, 0.1) is 10.1 Å². The van der Waals surface area contributed by atoms with Gasteiger partial charge in [0.05, 0.1) is 11.1 Å². The highest BCUT2D eigenvalue weighted by molar-refractivity contribution is 5.96. The van der Waals surface area contributed by atoms with Crippen LogP contribution in [0.2, 0.25) is 0 Å². The second-order valence-corrected chi connectivity index (χ2v) is 7.10. The lowest BCUT2D eigenvalue weighted by molar-refractivity contribution is -0.384. The molecule has 2 amide bonds. The lowest BCUT2D eigenvalue weighted by atomic mass is 10.2. The Balaban J connectivity index is 1.72. The van der Waals surface area contributed by atoms with E-state index in [0.29, 0.717) is 5.69 Å². The fourth-order valence-electron chi connectivity index (χ4n) is 2.85. The molecule has 35 heavy (non-hydrogen) atoms. The molecular formula is C25H20N4O6. The van der Waals surface area contributed by atoms with Crippen LogP contribution in [0.15, 0.2) is 84.0 Å². The smallest absolute Gasteiger partial charge is 0.336 e. The number of hydrogen-bond acceptors (Lipinski definition) is 7. The van der Waals surface area contributed by atoms with Crippen LogP contribution in [0.25, 0.3) is 6.08 Å². The van der Waals surface area contributed by atoms with Crippen LogP contribution < -0.4 is 15.5 Å². The minimum Gasteiger partial charge on any atom is -0.423 e. The molecule has 0 atom stereocenters. The zero-order valence-electron chi connectivity index (χ0n) is 18.5. The number of nitrogens with one attached hydrogen (secondary N) is 2. The normalized spacial score (nSPS) is 10.8. The third kappa shape index (κ3) is 7.46. The van der Waals surface area contributed by atoms with Crippen molar-refractivity contribution in [3.05, 3.63) is 106 Å². The van der Waals surface area contributed by atoms with Crippen molar-refractivity contribution in [1.82, 2.24) is 5.43 Å². The number of carbonyl (C=O) groups excluding carboxylic acids is 3. The molecular weight excluding hydrogens is 452 g/mol. The highest BCUT2D eigenvalue weighted by Gasteiger charge is 2.13. The van der Waals surface area contributed by atoms with E-state index >= 15 is 0 Å². The van der Waals surface area contributed by atoms with Gasteiger partial charge in [-0.05, 0) is 42.0 Å².